The average Bonchev–Trinajstić information content (AvgIpc) is 2.36. The van der Waals surface area contributed by atoms with Crippen LogP contribution in [0.15, 0.2) is 30.4 Å². The Bertz CT molecular complexity index is 604. The number of halogens is 1. The van der Waals surface area contributed by atoms with Crippen LogP contribution in [0.2, 0.25) is 0 Å². The van der Waals surface area contributed by atoms with Gasteiger partial charge in [0, 0.05) is 18.5 Å². The predicted molar refractivity (Wildman–Crippen MR) is 80.0 cm³/mol. The van der Waals surface area contributed by atoms with Crippen molar-refractivity contribution in [1.29, 1.82) is 0 Å². The minimum Gasteiger partial charge on any atom is -0.465 e. The number of nitrogens with one attached hydrogen (secondary N) is 1. The topological polar surface area (TPSA) is 24.5 Å². The second-order valence-corrected chi connectivity index (χ2v) is 6.07. The normalized spacial score (nSPS) is 27.4. The van der Waals surface area contributed by atoms with E-state index in [2.05, 4.69) is 11.9 Å². The zero-order valence-electron chi connectivity index (χ0n) is 11.6. The van der Waals surface area contributed by atoms with Crippen molar-refractivity contribution in [1.82, 2.24) is 10.2 Å². The summed E-state index contributed by atoms with van der Waals surface area (Å²) in [7, 11) is 0. The molecule has 1 fully saturated rings. The van der Waals surface area contributed by atoms with Gasteiger partial charge in [-0.2, -0.15) is 0 Å². The van der Waals surface area contributed by atoms with Gasteiger partial charge in [-0.05, 0) is 32.1 Å². The van der Waals surface area contributed by atoms with E-state index >= 15 is 0 Å². The molecule has 2 bridgehead atoms. The first-order valence-corrected chi connectivity index (χ1v) is 7.01. The van der Waals surface area contributed by atoms with Crippen molar-refractivity contribution >= 4 is 17.3 Å². The van der Waals surface area contributed by atoms with Crippen molar-refractivity contribution in [3.05, 3.63) is 41.7 Å². The Labute approximate surface area is 123 Å². The lowest BCUT2D eigenvalue weighted by molar-refractivity contribution is -0.0667. The van der Waals surface area contributed by atoms with Crippen molar-refractivity contribution in [3.8, 4) is 5.75 Å². The number of hydrogen-bond acceptors (Lipinski definition) is 2. The van der Waals surface area contributed by atoms with Crippen LogP contribution in [-0.2, 0) is 0 Å². The fourth-order valence-corrected chi connectivity index (χ4v) is 3.30. The Morgan fingerprint density at radius 3 is 3.10 bits per heavy atom. The van der Waals surface area contributed by atoms with E-state index < -0.39 is 5.72 Å². The molecule has 106 valence electrons. The maximum Gasteiger partial charge on any atom is 0.184 e. The van der Waals surface area contributed by atoms with Gasteiger partial charge in [0.25, 0.3) is 0 Å². The van der Waals surface area contributed by atoms with Gasteiger partial charge in [-0.3, -0.25) is 0 Å². The highest BCUT2D eigenvalue weighted by molar-refractivity contribution is 7.80. The molecule has 2 unspecified atom stereocenters. The molecule has 1 aromatic rings. The number of thiocarbonyl (C=S) groups is 1. The molecule has 1 aromatic carbocycles. The maximum absolute atomic E-state index is 14.0. The Morgan fingerprint density at radius 1 is 1.65 bits per heavy atom. The molecule has 5 heteroatoms. The summed E-state index contributed by atoms with van der Waals surface area (Å²) in [6, 6.07) is 5.00. The van der Waals surface area contributed by atoms with E-state index in [4.69, 9.17) is 17.0 Å². The quantitative estimate of drug-likeness (QED) is 0.668. The first-order chi connectivity index (χ1) is 9.40. The van der Waals surface area contributed by atoms with E-state index in [0.29, 0.717) is 17.4 Å². The van der Waals surface area contributed by atoms with Crippen LogP contribution in [0.25, 0.3) is 0 Å². The summed E-state index contributed by atoms with van der Waals surface area (Å²) in [5.74, 6) is -0.00344. The molecule has 0 spiro atoms. The third-order valence-electron chi connectivity index (χ3n) is 3.82. The Morgan fingerprint density at radius 2 is 2.40 bits per heavy atom. The number of rotatable bonds is 2. The molecular weight excluding hydrogens is 275 g/mol. The molecule has 1 N–H and O–H groups in total. The molecule has 3 rings (SSSR count). The minimum atomic E-state index is -0.638. The highest BCUT2D eigenvalue weighted by Crippen LogP contribution is 2.45. The monoisotopic (exact) mass is 292 g/mol. The Hall–Kier alpha value is -1.62. The summed E-state index contributed by atoms with van der Waals surface area (Å²) in [4.78, 5) is 1.94. The maximum atomic E-state index is 14.0. The molecule has 3 nitrogen and oxygen atoms in total. The van der Waals surface area contributed by atoms with Crippen LogP contribution in [0, 0.1) is 5.82 Å². The summed E-state index contributed by atoms with van der Waals surface area (Å²) in [6.45, 7) is 8.41. The zero-order valence-corrected chi connectivity index (χ0v) is 12.4. The molecule has 2 heterocycles. The summed E-state index contributed by atoms with van der Waals surface area (Å²) >= 11 is 5.43. The molecule has 0 amide bonds. The fraction of sp³-hybridized carbons (Fsp3) is 0.400. The van der Waals surface area contributed by atoms with Crippen molar-refractivity contribution in [2.45, 2.75) is 32.0 Å². The predicted octanol–water partition coefficient (Wildman–Crippen LogP) is 3.13. The van der Waals surface area contributed by atoms with Gasteiger partial charge >= 0.3 is 0 Å². The van der Waals surface area contributed by atoms with Gasteiger partial charge in [-0.1, -0.05) is 24.3 Å². The fourth-order valence-electron chi connectivity index (χ4n) is 2.90. The zero-order chi connectivity index (χ0) is 14.5. The van der Waals surface area contributed by atoms with Crippen LogP contribution >= 0.6 is 12.2 Å². The third-order valence-corrected chi connectivity index (χ3v) is 4.16. The number of ether oxygens (including phenoxy) is 1. The van der Waals surface area contributed by atoms with E-state index in [1.807, 2.05) is 24.8 Å². The van der Waals surface area contributed by atoms with Gasteiger partial charge in [0.15, 0.2) is 22.4 Å². The lowest BCUT2D eigenvalue weighted by Gasteiger charge is -2.52. The van der Waals surface area contributed by atoms with E-state index in [1.165, 1.54) is 6.07 Å². The summed E-state index contributed by atoms with van der Waals surface area (Å²) in [5.41, 5.74) is 1.18. The van der Waals surface area contributed by atoms with Crippen LogP contribution in [0.1, 0.15) is 31.9 Å². The Kier molecular flexibility index (Phi) is 2.97. The number of nitrogens with zero attached hydrogens (tertiary/aromatic N) is 1. The van der Waals surface area contributed by atoms with Crippen molar-refractivity contribution in [2.24, 2.45) is 0 Å². The summed E-state index contributed by atoms with van der Waals surface area (Å²) in [6.07, 6.45) is 0.719. The van der Waals surface area contributed by atoms with Gasteiger partial charge < -0.3 is 15.0 Å². The number of fused-ring (bicyclic) bond motifs is 4. The lowest BCUT2D eigenvalue weighted by atomic mass is 9.90. The molecule has 0 saturated carbocycles. The van der Waals surface area contributed by atoms with Gasteiger partial charge in [-0.15, -0.1) is 0 Å². The standard InChI is InChI=1S/C15H17FN2OS/c1-9(2)8-18-14(20)17-12-7-15(18,3)19-13-10(12)5-4-6-11(13)16/h4-6,12H,1,7-8H2,2-3H3,(H,17,20). The highest BCUT2D eigenvalue weighted by atomic mass is 32.1. The number of hydrogen-bond donors (Lipinski definition) is 1. The largest absolute Gasteiger partial charge is 0.465 e. The van der Waals surface area contributed by atoms with Crippen LogP contribution in [0.3, 0.4) is 0 Å². The first kappa shape index (κ1) is 13.4. The van der Waals surface area contributed by atoms with E-state index in [0.717, 1.165) is 17.6 Å². The van der Waals surface area contributed by atoms with Gasteiger partial charge in [0.1, 0.15) is 0 Å². The molecule has 1 saturated heterocycles. The first-order valence-electron chi connectivity index (χ1n) is 6.61. The molecular formula is C15H17FN2OS. The summed E-state index contributed by atoms with van der Waals surface area (Å²) < 4.78 is 20.0. The third kappa shape index (κ3) is 1.97. The second kappa shape index (κ2) is 4.45. The molecule has 2 aliphatic rings. The minimum absolute atomic E-state index is 0.00618. The van der Waals surface area contributed by atoms with Crippen molar-refractivity contribution in [3.63, 3.8) is 0 Å². The van der Waals surface area contributed by atoms with Crippen LogP contribution in [0.5, 0.6) is 5.75 Å². The molecule has 0 aromatic heterocycles. The van der Waals surface area contributed by atoms with E-state index in [9.17, 15) is 4.39 Å². The van der Waals surface area contributed by atoms with Crippen LogP contribution < -0.4 is 10.1 Å². The second-order valence-electron chi connectivity index (χ2n) is 5.68. The van der Waals surface area contributed by atoms with Gasteiger partial charge in [0.2, 0.25) is 0 Å². The molecule has 0 aliphatic carbocycles. The van der Waals surface area contributed by atoms with Crippen molar-refractivity contribution in [2.75, 3.05) is 6.54 Å². The molecule has 0 radical (unpaired) electrons. The van der Waals surface area contributed by atoms with E-state index in [-0.39, 0.29) is 11.9 Å². The Balaban J connectivity index is 2.05. The average molecular weight is 292 g/mol. The smallest absolute Gasteiger partial charge is 0.184 e. The molecule has 2 atom stereocenters. The number of para-hydroxylation sites is 1. The van der Waals surface area contributed by atoms with Crippen LogP contribution in [-0.4, -0.2) is 22.3 Å². The summed E-state index contributed by atoms with van der Waals surface area (Å²) in [5, 5.41) is 3.91. The SMILES string of the molecule is C=C(C)CN1C(=S)NC2CC1(C)Oc1c(F)cccc12. The van der Waals surface area contributed by atoms with Gasteiger partial charge in [0.05, 0.1) is 6.04 Å². The molecule has 20 heavy (non-hydrogen) atoms. The van der Waals surface area contributed by atoms with Crippen molar-refractivity contribution < 1.29 is 9.13 Å². The molecule has 2 aliphatic heterocycles. The van der Waals surface area contributed by atoms with Crippen LogP contribution in [0.4, 0.5) is 4.39 Å². The lowest BCUT2D eigenvalue weighted by Crippen LogP contribution is -2.64. The van der Waals surface area contributed by atoms with E-state index in [1.54, 1.807) is 6.07 Å². The highest BCUT2D eigenvalue weighted by Gasteiger charge is 2.48. The number of benzene rings is 1. The van der Waals surface area contributed by atoms with Gasteiger partial charge in [-0.25, -0.2) is 4.39 Å².